The summed E-state index contributed by atoms with van der Waals surface area (Å²) in [6.07, 6.45) is 9.74. The third kappa shape index (κ3) is 2.96. The van der Waals surface area contributed by atoms with E-state index in [1.807, 2.05) is 0 Å². The predicted octanol–water partition coefficient (Wildman–Crippen LogP) is 3.91. The lowest BCUT2D eigenvalue weighted by molar-refractivity contribution is 0.462. The van der Waals surface area contributed by atoms with Gasteiger partial charge in [0.15, 0.2) is 0 Å². The van der Waals surface area contributed by atoms with E-state index in [1.165, 1.54) is 36.8 Å². The molecular formula is C18H24N2. The van der Waals surface area contributed by atoms with Crippen molar-refractivity contribution in [2.75, 3.05) is 6.54 Å². The SMILES string of the molecule is CCCNC1CCCc2cn(Cc3ccccc3)cc21. The Morgan fingerprint density at radius 3 is 2.85 bits per heavy atom. The van der Waals surface area contributed by atoms with Gasteiger partial charge in [0, 0.05) is 25.0 Å². The number of aryl methyl sites for hydroxylation is 1. The van der Waals surface area contributed by atoms with Gasteiger partial charge >= 0.3 is 0 Å². The summed E-state index contributed by atoms with van der Waals surface area (Å²) in [4.78, 5) is 0. The molecule has 1 atom stereocenters. The van der Waals surface area contributed by atoms with Gasteiger partial charge in [0.25, 0.3) is 0 Å². The third-order valence-electron chi connectivity index (χ3n) is 4.16. The van der Waals surface area contributed by atoms with Gasteiger partial charge in [-0.25, -0.2) is 0 Å². The molecule has 0 aliphatic heterocycles. The normalized spacial score (nSPS) is 17.9. The van der Waals surface area contributed by atoms with Crippen LogP contribution in [-0.2, 0) is 13.0 Å². The molecule has 2 nitrogen and oxygen atoms in total. The molecule has 2 heteroatoms. The highest BCUT2D eigenvalue weighted by atomic mass is 15.0. The molecule has 1 unspecified atom stereocenters. The van der Waals surface area contributed by atoms with Gasteiger partial charge in [-0.3, -0.25) is 0 Å². The number of rotatable bonds is 5. The van der Waals surface area contributed by atoms with Crippen LogP contribution >= 0.6 is 0 Å². The van der Waals surface area contributed by atoms with Crippen LogP contribution in [0.2, 0.25) is 0 Å². The van der Waals surface area contributed by atoms with E-state index in [9.17, 15) is 0 Å². The molecular weight excluding hydrogens is 244 g/mol. The summed E-state index contributed by atoms with van der Waals surface area (Å²) in [5, 5.41) is 3.69. The number of fused-ring (bicyclic) bond motifs is 1. The van der Waals surface area contributed by atoms with Crippen LogP contribution in [0.25, 0.3) is 0 Å². The standard InChI is InChI=1S/C18H24N2/c1-2-11-19-18-10-6-9-16-13-20(14-17(16)18)12-15-7-4-3-5-8-15/h3-5,7-8,13-14,18-19H,2,6,9-12H2,1H3. The van der Waals surface area contributed by atoms with Crippen LogP contribution in [0.15, 0.2) is 42.7 Å². The summed E-state index contributed by atoms with van der Waals surface area (Å²) >= 11 is 0. The first-order valence-electron chi connectivity index (χ1n) is 7.82. The van der Waals surface area contributed by atoms with E-state index in [-0.39, 0.29) is 0 Å². The molecule has 0 fully saturated rings. The molecule has 1 aliphatic rings. The maximum absolute atomic E-state index is 3.69. The first kappa shape index (κ1) is 13.4. The molecule has 3 rings (SSSR count). The van der Waals surface area contributed by atoms with E-state index in [4.69, 9.17) is 0 Å². The molecule has 0 bridgehead atoms. The zero-order chi connectivity index (χ0) is 13.8. The Bertz CT molecular complexity index is 542. The van der Waals surface area contributed by atoms with E-state index >= 15 is 0 Å². The lowest BCUT2D eigenvalue weighted by Crippen LogP contribution is -2.24. The maximum Gasteiger partial charge on any atom is 0.0470 e. The van der Waals surface area contributed by atoms with Crippen molar-refractivity contribution in [2.45, 2.75) is 45.2 Å². The van der Waals surface area contributed by atoms with Gasteiger partial charge in [-0.05, 0) is 48.9 Å². The minimum Gasteiger partial charge on any atom is -0.349 e. The van der Waals surface area contributed by atoms with Crippen LogP contribution in [-0.4, -0.2) is 11.1 Å². The summed E-state index contributed by atoms with van der Waals surface area (Å²) < 4.78 is 2.35. The Morgan fingerprint density at radius 2 is 2.05 bits per heavy atom. The van der Waals surface area contributed by atoms with Crippen LogP contribution in [0.4, 0.5) is 0 Å². The molecule has 20 heavy (non-hydrogen) atoms. The Balaban J connectivity index is 1.77. The molecule has 0 radical (unpaired) electrons. The number of hydrogen-bond donors (Lipinski definition) is 1. The van der Waals surface area contributed by atoms with Crippen molar-refractivity contribution in [3.8, 4) is 0 Å². The highest BCUT2D eigenvalue weighted by Crippen LogP contribution is 2.30. The smallest absolute Gasteiger partial charge is 0.0470 e. The fraction of sp³-hybridized carbons (Fsp3) is 0.444. The quantitative estimate of drug-likeness (QED) is 0.870. The highest BCUT2D eigenvalue weighted by molar-refractivity contribution is 5.31. The van der Waals surface area contributed by atoms with Crippen molar-refractivity contribution in [1.82, 2.24) is 9.88 Å². The van der Waals surface area contributed by atoms with Crippen molar-refractivity contribution >= 4 is 0 Å². The van der Waals surface area contributed by atoms with E-state index in [1.54, 1.807) is 5.56 Å². The summed E-state index contributed by atoms with van der Waals surface area (Å²) in [5.74, 6) is 0. The van der Waals surface area contributed by atoms with Gasteiger partial charge < -0.3 is 9.88 Å². The summed E-state index contributed by atoms with van der Waals surface area (Å²) in [6.45, 7) is 4.33. The Labute approximate surface area is 121 Å². The molecule has 106 valence electrons. The monoisotopic (exact) mass is 268 g/mol. The molecule has 0 spiro atoms. The Hall–Kier alpha value is -1.54. The first-order valence-corrected chi connectivity index (χ1v) is 7.82. The lowest BCUT2D eigenvalue weighted by atomic mass is 9.91. The highest BCUT2D eigenvalue weighted by Gasteiger charge is 2.21. The largest absolute Gasteiger partial charge is 0.349 e. The Kier molecular flexibility index (Phi) is 4.22. The second kappa shape index (κ2) is 6.27. The molecule has 1 aromatic carbocycles. The minimum atomic E-state index is 0.565. The van der Waals surface area contributed by atoms with E-state index in [0.717, 1.165) is 13.1 Å². The summed E-state index contributed by atoms with van der Waals surface area (Å²) in [6, 6.07) is 11.3. The number of benzene rings is 1. The minimum absolute atomic E-state index is 0.565. The van der Waals surface area contributed by atoms with Crippen molar-refractivity contribution in [3.05, 3.63) is 59.4 Å². The second-order valence-electron chi connectivity index (χ2n) is 5.80. The summed E-state index contributed by atoms with van der Waals surface area (Å²) in [5.41, 5.74) is 4.44. The zero-order valence-corrected chi connectivity index (χ0v) is 12.3. The van der Waals surface area contributed by atoms with Crippen LogP contribution in [0.1, 0.15) is 48.9 Å². The fourth-order valence-electron chi connectivity index (χ4n) is 3.16. The topological polar surface area (TPSA) is 17.0 Å². The van der Waals surface area contributed by atoms with E-state index < -0.39 is 0 Å². The van der Waals surface area contributed by atoms with Crippen LogP contribution in [0, 0.1) is 0 Å². The van der Waals surface area contributed by atoms with E-state index in [0.29, 0.717) is 6.04 Å². The van der Waals surface area contributed by atoms with Crippen molar-refractivity contribution < 1.29 is 0 Å². The number of aromatic nitrogens is 1. The van der Waals surface area contributed by atoms with Crippen molar-refractivity contribution in [2.24, 2.45) is 0 Å². The molecule has 0 amide bonds. The molecule has 1 aromatic heterocycles. The molecule has 1 aliphatic carbocycles. The third-order valence-corrected chi connectivity index (χ3v) is 4.16. The van der Waals surface area contributed by atoms with Crippen molar-refractivity contribution in [3.63, 3.8) is 0 Å². The van der Waals surface area contributed by atoms with Gasteiger partial charge in [0.2, 0.25) is 0 Å². The molecule has 0 saturated heterocycles. The van der Waals surface area contributed by atoms with E-state index in [2.05, 4.69) is 59.5 Å². The molecule has 0 saturated carbocycles. The van der Waals surface area contributed by atoms with Crippen molar-refractivity contribution in [1.29, 1.82) is 0 Å². The van der Waals surface area contributed by atoms with Crippen LogP contribution in [0.3, 0.4) is 0 Å². The molecule has 2 aromatic rings. The van der Waals surface area contributed by atoms with Gasteiger partial charge in [-0.1, -0.05) is 37.3 Å². The lowest BCUT2D eigenvalue weighted by Gasteiger charge is -2.23. The van der Waals surface area contributed by atoms with Gasteiger partial charge in [0.05, 0.1) is 0 Å². The van der Waals surface area contributed by atoms with Crippen LogP contribution in [0.5, 0.6) is 0 Å². The zero-order valence-electron chi connectivity index (χ0n) is 12.3. The predicted molar refractivity (Wildman–Crippen MR) is 83.9 cm³/mol. The number of nitrogens with zero attached hydrogens (tertiary/aromatic N) is 1. The fourth-order valence-corrected chi connectivity index (χ4v) is 3.16. The summed E-state index contributed by atoms with van der Waals surface area (Å²) in [7, 11) is 0. The molecule has 1 heterocycles. The number of hydrogen-bond acceptors (Lipinski definition) is 1. The van der Waals surface area contributed by atoms with Gasteiger partial charge in [0.1, 0.15) is 0 Å². The maximum atomic E-state index is 3.69. The average Bonchev–Trinajstić information content (AvgIpc) is 2.89. The number of nitrogens with one attached hydrogen (secondary N) is 1. The Morgan fingerprint density at radius 1 is 1.20 bits per heavy atom. The second-order valence-corrected chi connectivity index (χ2v) is 5.80. The first-order chi connectivity index (χ1) is 9.86. The average molecular weight is 268 g/mol. The van der Waals surface area contributed by atoms with Gasteiger partial charge in [-0.2, -0.15) is 0 Å². The molecule has 1 N–H and O–H groups in total. The van der Waals surface area contributed by atoms with Crippen LogP contribution < -0.4 is 5.32 Å². The van der Waals surface area contributed by atoms with Gasteiger partial charge in [-0.15, -0.1) is 0 Å².